The molecule has 19 heavy (non-hydrogen) atoms. The summed E-state index contributed by atoms with van der Waals surface area (Å²) in [6.07, 6.45) is 7.11. The lowest BCUT2D eigenvalue weighted by Crippen LogP contribution is -2.08. The molecule has 0 aromatic heterocycles. The first-order valence-electron chi connectivity index (χ1n) is 7.56. The number of unbranched alkanes of at least 4 members (excludes halogenated alkanes) is 5. The highest BCUT2D eigenvalue weighted by Crippen LogP contribution is 2.14. The Bertz CT molecular complexity index is 336. The third-order valence-corrected chi connectivity index (χ3v) is 3.34. The van der Waals surface area contributed by atoms with Crippen LogP contribution < -0.4 is 0 Å². The Balaban J connectivity index is 2.06. The van der Waals surface area contributed by atoms with E-state index in [4.69, 9.17) is 4.74 Å². The summed E-state index contributed by atoms with van der Waals surface area (Å²) in [5.74, 6) is 0. The van der Waals surface area contributed by atoms with Gasteiger partial charge in [0.05, 0.1) is 6.61 Å². The van der Waals surface area contributed by atoms with E-state index in [2.05, 4.69) is 6.92 Å². The third-order valence-electron chi connectivity index (χ3n) is 3.34. The molecule has 1 N–H and O–H groups in total. The Morgan fingerprint density at radius 1 is 1.11 bits per heavy atom. The smallest absolute Gasteiger partial charge is 0.102 e. The fraction of sp³-hybridized carbons (Fsp3) is 0.647. The van der Waals surface area contributed by atoms with Gasteiger partial charge < -0.3 is 9.84 Å². The van der Waals surface area contributed by atoms with Gasteiger partial charge in [-0.25, -0.2) is 0 Å². The Kier molecular flexibility index (Phi) is 8.52. The van der Waals surface area contributed by atoms with E-state index >= 15 is 0 Å². The van der Waals surface area contributed by atoms with Crippen molar-refractivity contribution in [3.05, 3.63) is 35.4 Å². The molecule has 0 fully saturated rings. The van der Waals surface area contributed by atoms with E-state index in [9.17, 15) is 5.11 Å². The van der Waals surface area contributed by atoms with Crippen LogP contribution in [0.1, 0.15) is 62.7 Å². The van der Waals surface area contributed by atoms with Crippen LogP contribution in [0.3, 0.4) is 0 Å². The largest absolute Gasteiger partial charge is 0.386 e. The van der Waals surface area contributed by atoms with Crippen LogP contribution in [0.4, 0.5) is 0 Å². The number of hydrogen-bond donors (Lipinski definition) is 1. The molecule has 0 radical (unpaired) electrons. The monoisotopic (exact) mass is 264 g/mol. The number of rotatable bonds is 10. The Labute approximate surface area is 117 Å². The number of aliphatic hydroxyl groups excluding tert-OH is 1. The van der Waals surface area contributed by atoms with Crippen LogP contribution >= 0.6 is 0 Å². The van der Waals surface area contributed by atoms with E-state index in [1.54, 1.807) is 0 Å². The van der Waals surface area contributed by atoms with Crippen LogP contribution in [0, 0.1) is 6.92 Å². The Morgan fingerprint density at radius 3 is 2.58 bits per heavy atom. The highest BCUT2D eigenvalue weighted by molar-refractivity contribution is 5.23. The van der Waals surface area contributed by atoms with Crippen molar-refractivity contribution in [2.45, 2.75) is 58.5 Å². The normalized spacial score (nSPS) is 12.6. The molecule has 1 aromatic rings. The highest BCUT2D eigenvalue weighted by Gasteiger charge is 2.07. The van der Waals surface area contributed by atoms with Gasteiger partial charge in [0.15, 0.2) is 0 Å². The van der Waals surface area contributed by atoms with Crippen molar-refractivity contribution >= 4 is 0 Å². The lowest BCUT2D eigenvalue weighted by Gasteiger charge is -2.12. The van der Waals surface area contributed by atoms with Crippen LogP contribution in [0.25, 0.3) is 0 Å². The van der Waals surface area contributed by atoms with Gasteiger partial charge in [-0.3, -0.25) is 0 Å². The lowest BCUT2D eigenvalue weighted by molar-refractivity contribution is 0.0344. The molecular formula is C17H28O2. The Hall–Kier alpha value is -0.860. The second-order valence-electron chi connectivity index (χ2n) is 5.27. The van der Waals surface area contributed by atoms with Gasteiger partial charge in [-0.2, -0.15) is 0 Å². The van der Waals surface area contributed by atoms with Crippen molar-refractivity contribution in [3.8, 4) is 0 Å². The molecule has 0 aliphatic rings. The molecule has 0 bridgehead atoms. The zero-order chi connectivity index (χ0) is 13.9. The summed E-state index contributed by atoms with van der Waals surface area (Å²) in [6.45, 7) is 5.43. The van der Waals surface area contributed by atoms with Crippen LogP contribution in [0.5, 0.6) is 0 Å². The summed E-state index contributed by atoms with van der Waals surface area (Å²) in [4.78, 5) is 0. The third kappa shape index (κ3) is 7.34. The van der Waals surface area contributed by atoms with Gasteiger partial charge >= 0.3 is 0 Å². The summed E-state index contributed by atoms with van der Waals surface area (Å²) < 4.78 is 5.55. The van der Waals surface area contributed by atoms with Crippen molar-refractivity contribution < 1.29 is 9.84 Å². The van der Waals surface area contributed by atoms with Crippen LogP contribution in [0.2, 0.25) is 0 Å². The van der Waals surface area contributed by atoms with Crippen LogP contribution in [0.15, 0.2) is 24.3 Å². The van der Waals surface area contributed by atoms with E-state index in [0.717, 1.165) is 18.6 Å². The first-order valence-corrected chi connectivity index (χ1v) is 7.56. The molecule has 0 aliphatic heterocycles. The topological polar surface area (TPSA) is 29.5 Å². The standard InChI is InChI=1S/C17H28O2/c1-3-4-5-6-7-8-12-19-14-17(18)16-11-9-10-15(2)13-16/h9-11,13,17-18H,3-8,12,14H2,1-2H3. The quantitative estimate of drug-likeness (QED) is 0.634. The van der Waals surface area contributed by atoms with E-state index in [1.165, 1.54) is 37.7 Å². The van der Waals surface area contributed by atoms with E-state index < -0.39 is 6.10 Å². The molecule has 1 unspecified atom stereocenters. The van der Waals surface area contributed by atoms with Gasteiger partial charge in [-0.05, 0) is 18.9 Å². The molecule has 0 saturated carbocycles. The lowest BCUT2D eigenvalue weighted by atomic mass is 10.1. The molecular weight excluding hydrogens is 236 g/mol. The summed E-state index contributed by atoms with van der Waals surface area (Å²) in [5, 5.41) is 9.99. The molecule has 108 valence electrons. The van der Waals surface area contributed by atoms with Crippen LogP contribution in [-0.4, -0.2) is 18.3 Å². The molecule has 0 spiro atoms. The molecule has 1 rings (SSSR count). The van der Waals surface area contributed by atoms with Gasteiger partial charge in [0.2, 0.25) is 0 Å². The number of hydrogen-bond acceptors (Lipinski definition) is 2. The molecule has 0 aliphatic carbocycles. The van der Waals surface area contributed by atoms with E-state index in [0.29, 0.717) is 6.61 Å². The SMILES string of the molecule is CCCCCCCCOCC(O)c1cccc(C)c1. The van der Waals surface area contributed by atoms with Crippen molar-refractivity contribution in [1.29, 1.82) is 0 Å². The molecule has 1 atom stereocenters. The first kappa shape index (κ1) is 16.2. The molecule has 0 saturated heterocycles. The number of benzene rings is 1. The maximum atomic E-state index is 9.99. The molecule has 2 nitrogen and oxygen atoms in total. The molecule has 2 heteroatoms. The van der Waals surface area contributed by atoms with Gasteiger partial charge in [-0.1, -0.05) is 68.9 Å². The fourth-order valence-electron chi connectivity index (χ4n) is 2.15. The Morgan fingerprint density at radius 2 is 1.84 bits per heavy atom. The van der Waals surface area contributed by atoms with Gasteiger partial charge in [-0.15, -0.1) is 0 Å². The molecule has 1 aromatic carbocycles. The second-order valence-corrected chi connectivity index (χ2v) is 5.27. The number of ether oxygens (including phenoxy) is 1. The van der Waals surface area contributed by atoms with E-state index in [-0.39, 0.29) is 0 Å². The predicted molar refractivity (Wildman–Crippen MR) is 80.3 cm³/mol. The zero-order valence-corrected chi connectivity index (χ0v) is 12.4. The van der Waals surface area contributed by atoms with Crippen molar-refractivity contribution in [1.82, 2.24) is 0 Å². The van der Waals surface area contributed by atoms with Gasteiger partial charge in [0.1, 0.15) is 6.10 Å². The molecule has 0 amide bonds. The maximum Gasteiger partial charge on any atom is 0.102 e. The summed E-state index contributed by atoms with van der Waals surface area (Å²) in [5.41, 5.74) is 2.12. The molecule has 0 heterocycles. The van der Waals surface area contributed by atoms with Gasteiger partial charge in [0, 0.05) is 6.61 Å². The van der Waals surface area contributed by atoms with Crippen molar-refractivity contribution in [2.24, 2.45) is 0 Å². The van der Waals surface area contributed by atoms with Gasteiger partial charge in [0.25, 0.3) is 0 Å². The number of aryl methyl sites for hydroxylation is 1. The average Bonchev–Trinajstić information content (AvgIpc) is 2.41. The van der Waals surface area contributed by atoms with Crippen molar-refractivity contribution in [2.75, 3.05) is 13.2 Å². The summed E-state index contributed by atoms with van der Waals surface area (Å²) in [7, 11) is 0. The average molecular weight is 264 g/mol. The first-order chi connectivity index (χ1) is 9.24. The van der Waals surface area contributed by atoms with Crippen LogP contribution in [-0.2, 0) is 4.74 Å². The minimum atomic E-state index is -0.500. The minimum absolute atomic E-state index is 0.401. The fourth-order valence-corrected chi connectivity index (χ4v) is 2.15. The number of aliphatic hydroxyl groups is 1. The highest BCUT2D eigenvalue weighted by atomic mass is 16.5. The van der Waals surface area contributed by atoms with Crippen molar-refractivity contribution in [3.63, 3.8) is 0 Å². The predicted octanol–water partition coefficient (Wildman–Crippen LogP) is 4.41. The summed E-state index contributed by atoms with van der Waals surface area (Å²) in [6, 6.07) is 7.97. The minimum Gasteiger partial charge on any atom is -0.386 e. The zero-order valence-electron chi connectivity index (χ0n) is 12.4. The maximum absolute atomic E-state index is 9.99. The second kappa shape index (κ2) is 9.99. The summed E-state index contributed by atoms with van der Waals surface area (Å²) >= 11 is 0. The van der Waals surface area contributed by atoms with E-state index in [1.807, 2.05) is 31.2 Å².